The Morgan fingerprint density at radius 2 is 1.93 bits per heavy atom. The minimum absolute atomic E-state index is 0.00466. The first-order valence-corrected chi connectivity index (χ1v) is 14.9. The number of esters is 2. The average molecular weight is 617 g/mol. The Kier molecular flexibility index (Phi) is 8.42. The number of likely N-dealkylation sites (tertiary alicyclic amines) is 1. The molecule has 1 saturated heterocycles. The van der Waals surface area contributed by atoms with Gasteiger partial charge in [0.15, 0.2) is 29.8 Å². The van der Waals surface area contributed by atoms with Crippen LogP contribution in [0.3, 0.4) is 0 Å². The number of hydrogen-bond acceptors (Lipinski definition) is 11. The molecule has 2 heterocycles. The number of carboxylic acid groups (broad SMARTS) is 1. The van der Waals surface area contributed by atoms with Crippen LogP contribution >= 0.6 is 0 Å². The zero-order chi connectivity index (χ0) is 32.1. The molecule has 13 heteroatoms. The third-order valence-corrected chi connectivity index (χ3v) is 9.41. The van der Waals surface area contributed by atoms with Crippen LogP contribution in [0.25, 0.3) is 0 Å². The summed E-state index contributed by atoms with van der Waals surface area (Å²) in [6.45, 7) is 5.55. The number of piperidine rings is 1. The molecule has 0 aromatic heterocycles. The first-order valence-electron chi connectivity index (χ1n) is 14.9. The molecule has 5 rings (SSSR count). The normalized spacial score (nSPS) is 28.5. The van der Waals surface area contributed by atoms with Crippen molar-refractivity contribution < 1.29 is 53.4 Å². The predicted molar refractivity (Wildman–Crippen MR) is 153 cm³/mol. The summed E-state index contributed by atoms with van der Waals surface area (Å²) >= 11 is 0. The van der Waals surface area contributed by atoms with Crippen molar-refractivity contribution in [3.8, 4) is 11.5 Å². The Hall–Kier alpha value is -3.68. The van der Waals surface area contributed by atoms with E-state index in [1.807, 2.05) is 19.2 Å². The standard InChI is InChI=1S/C31H40N2O11/c1-15(2)12-18(28(37)38)32-27(36)16(3)42-23(35)14-19(34)29(39)43-21-8-9-31(40)22-13-17-6-7-20(41-5)25-24(17)30(31,26(21)44-25)10-11-33(22)4/h6-8,15-16,18-19,22,26,34,40H,9-14H2,1-5H3,(H,32,36)(H,37,38)/t16?,18?,19?,22-,26+,30+,31-/m1/s1. The lowest BCUT2D eigenvalue weighted by molar-refractivity contribution is -0.173. The van der Waals surface area contributed by atoms with Gasteiger partial charge in [-0.15, -0.1) is 0 Å². The maximum atomic E-state index is 13.0. The van der Waals surface area contributed by atoms with Gasteiger partial charge in [0.05, 0.1) is 24.5 Å². The second-order valence-corrected chi connectivity index (χ2v) is 12.6. The molecule has 13 nitrogen and oxygen atoms in total. The first kappa shape index (κ1) is 31.7. The van der Waals surface area contributed by atoms with Crippen LogP contribution in [0.2, 0.25) is 0 Å². The van der Waals surface area contributed by atoms with E-state index in [4.69, 9.17) is 18.9 Å². The molecule has 2 bridgehead atoms. The topological polar surface area (TPSA) is 181 Å². The van der Waals surface area contributed by atoms with Crippen molar-refractivity contribution >= 4 is 23.8 Å². The van der Waals surface area contributed by atoms with Crippen molar-refractivity contribution in [1.29, 1.82) is 0 Å². The van der Waals surface area contributed by atoms with E-state index in [1.54, 1.807) is 19.9 Å². The van der Waals surface area contributed by atoms with Gasteiger partial charge in [-0.25, -0.2) is 9.59 Å². The number of carbonyl (C=O) groups excluding carboxylic acids is 3. The van der Waals surface area contributed by atoms with Gasteiger partial charge in [-0.3, -0.25) is 9.59 Å². The third kappa shape index (κ3) is 5.10. The van der Waals surface area contributed by atoms with Crippen molar-refractivity contribution in [3.05, 3.63) is 35.1 Å². The fraction of sp³-hybridized carbons (Fsp3) is 0.613. The molecule has 1 aromatic rings. The number of likely N-dealkylation sites (N-methyl/N-ethyl adjacent to an activating group) is 1. The second-order valence-electron chi connectivity index (χ2n) is 12.6. The maximum Gasteiger partial charge on any atom is 0.340 e. The number of aliphatic hydroxyl groups is 2. The number of methoxy groups -OCH3 is 1. The summed E-state index contributed by atoms with van der Waals surface area (Å²) in [4.78, 5) is 51.5. The zero-order valence-corrected chi connectivity index (χ0v) is 25.5. The molecule has 7 atom stereocenters. The van der Waals surface area contributed by atoms with Crippen LogP contribution in [0, 0.1) is 5.92 Å². The number of nitrogens with one attached hydrogen (secondary N) is 1. The number of nitrogens with zero attached hydrogens (tertiary/aromatic N) is 1. The van der Waals surface area contributed by atoms with Crippen molar-refractivity contribution in [3.63, 3.8) is 0 Å². The lowest BCUT2D eigenvalue weighted by Gasteiger charge is -2.61. The van der Waals surface area contributed by atoms with Crippen LogP contribution in [-0.4, -0.2) is 101 Å². The van der Waals surface area contributed by atoms with Gasteiger partial charge in [0.1, 0.15) is 11.8 Å². The highest BCUT2D eigenvalue weighted by Crippen LogP contribution is 2.65. The lowest BCUT2D eigenvalue weighted by atomic mass is 9.50. The van der Waals surface area contributed by atoms with Gasteiger partial charge in [-0.1, -0.05) is 19.9 Å². The highest BCUT2D eigenvalue weighted by atomic mass is 16.6. The Morgan fingerprint density at radius 3 is 2.59 bits per heavy atom. The van der Waals surface area contributed by atoms with Gasteiger partial charge >= 0.3 is 17.9 Å². The SMILES string of the molecule is COc1ccc2c3c1O[C@H]1C(OC(=O)C(O)CC(=O)OC(C)C(=O)NC(CC(C)C)C(=O)O)=CC[C@@]4(O)[C@@H](C2)N(C)CC[C@]314. The van der Waals surface area contributed by atoms with Crippen LogP contribution in [0.5, 0.6) is 11.5 Å². The molecular weight excluding hydrogens is 576 g/mol. The summed E-state index contributed by atoms with van der Waals surface area (Å²) in [6, 6.07) is 2.44. The summed E-state index contributed by atoms with van der Waals surface area (Å²) in [6.07, 6.45) is -1.85. The highest BCUT2D eigenvalue weighted by Gasteiger charge is 2.72. The minimum atomic E-state index is -1.92. The second kappa shape index (κ2) is 11.7. The molecule has 3 unspecified atom stereocenters. The Morgan fingerprint density at radius 1 is 1.20 bits per heavy atom. The molecule has 0 saturated carbocycles. The molecule has 2 aliphatic heterocycles. The zero-order valence-electron chi connectivity index (χ0n) is 25.5. The quantitative estimate of drug-likeness (QED) is 0.257. The molecule has 240 valence electrons. The lowest BCUT2D eigenvalue weighted by Crippen LogP contribution is -2.74. The first-order chi connectivity index (χ1) is 20.7. The fourth-order valence-electron chi connectivity index (χ4n) is 7.29. The number of amides is 1. The molecule has 1 aromatic carbocycles. The van der Waals surface area contributed by atoms with Gasteiger partial charge in [0.25, 0.3) is 5.91 Å². The van der Waals surface area contributed by atoms with Gasteiger partial charge < -0.3 is 44.5 Å². The van der Waals surface area contributed by atoms with E-state index in [9.17, 15) is 34.5 Å². The minimum Gasteiger partial charge on any atom is -0.493 e. The van der Waals surface area contributed by atoms with E-state index in [0.29, 0.717) is 30.9 Å². The number of aliphatic hydroxyl groups excluding tert-OH is 1. The Balaban J connectivity index is 1.27. The predicted octanol–water partition coefficient (Wildman–Crippen LogP) is 0.814. The van der Waals surface area contributed by atoms with Crippen LogP contribution in [0.15, 0.2) is 24.0 Å². The van der Waals surface area contributed by atoms with Crippen LogP contribution < -0.4 is 14.8 Å². The number of benzene rings is 1. The number of ether oxygens (including phenoxy) is 4. The van der Waals surface area contributed by atoms with E-state index in [-0.39, 0.29) is 30.6 Å². The molecular formula is C31H40N2O11. The number of carbonyl (C=O) groups is 4. The number of rotatable bonds is 11. The molecule has 1 amide bonds. The van der Waals surface area contributed by atoms with Crippen molar-refractivity contribution in [2.45, 2.75) is 94.3 Å². The molecule has 4 N–H and O–H groups in total. The largest absolute Gasteiger partial charge is 0.493 e. The van der Waals surface area contributed by atoms with Crippen molar-refractivity contribution in [2.24, 2.45) is 5.92 Å². The van der Waals surface area contributed by atoms with Gasteiger partial charge in [0, 0.05) is 18.0 Å². The summed E-state index contributed by atoms with van der Waals surface area (Å²) in [5.41, 5.74) is -0.247. The van der Waals surface area contributed by atoms with Crippen LogP contribution in [0.4, 0.5) is 0 Å². The molecule has 4 aliphatic rings. The maximum absolute atomic E-state index is 13.0. The molecule has 1 fully saturated rings. The van der Waals surface area contributed by atoms with Gasteiger partial charge in [0.2, 0.25) is 0 Å². The van der Waals surface area contributed by atoms with E-state index >= 15 is 0 Å². The molecule has 0 radical (unpaired) electrons. The molecule has 44 heavy (non-hydrogen) atoms. The number of hydrogen-bond donors (Lipinski definition) is 4. The Labute approximate surface area is 255 Å². The average Bonchev–Trinajstić information content (AvgIpc) is 3.31. The monoisotopic (exact) mass is 616 g/mol. The molecule has 2 aliphatic carbocycles. The summed E-state index contributed by atoms with van der Waals surface area (Å²) in [5, 5.41) is 34.5. The van der Waals surface area contributed by atoms with Gasteiger partial charge in [-0.05, 0) is 63.4 Å². The van der Waals surface area contributed by atoms with E-state index < -0.39 is 65.6 Å². The smallest absolute Gasteiger partial charge is 0.340 e. The third-order valence-electron chi connectivity index (χ3n) is 9.41. The van der Waals surface area contributed by atoms with Crippen molar-refractivity contribution in [2.75, 3.05) is 20.7 Å². The molecule has 1 spiro atoms. The summed E-state index contributed by atoms with van der Waals surface area (Å²) in [5.74, 6) is -3.10. The van der Waals surface area contributed by atoms with Crippen molar-refractivity contribution in [1.82, 2.24) is 10.2 Å². The van der Waals surface area contributed by atoms with E-state index in [0.717, 1.165) is 11.1 Å². The Bertz CT molecular complexity index is 1390. The van der Waals surface area contributed by atoms with E-state index in [2.05, 4.69) is 10.2 Å². The fourth-order valence-corrected chi connectivity index (χ4v) is 7.29. The summed E-state index contributed by atoms with van der Waals surface area (Å²) in [7, 11) is 3.51. The highest BCUT2D eigenvalue weighted by molar-refractivity contribution is 5.88. The van der Waals surface area contributed by atoms with E-state index in [1.165, 1.54) is 14.0 Å². The van der Waals surface area contributed by atoms with Gasteiger partial charge in [-0.2, -0.15) is 0 Å². The van der Waals surface area contributed by atoms with Crippen LogP contribution in [-0.2, 0) is 40.5 Å². The number of aliphatic carboxylic acids is 1. The number of carboxylic acids is 1. The summed E-state index contributed by atoms with van der Waals surface area (Å²) < 4.78 is 22.7. The van der Waals surface area contributed by atoms with Crippen LogP contribution in [0.1, 0.15) is 57.6 Å².